The molecule has 4 amide bonds. The fourth-order valence-electron chi connectivity index (χ4n) is 4.01. The summed E-state index contributed by atoms with van der Waals surface area (Å²) in [6, 6.07) is 6.40. The number of imide groups is 1. The first kappa shape index (κ1) is 24.4. The van der Waals surface area contributed by atoms with Gasteiger partial charge in [-0.15, -0.1) is 0 Å². The highest BCUT2D eigenvalue weighted by Gasteiger charge is 2.44. The van der Waals surface area contributed by atoms with E-state index in [1.54, 1.807) is 0 Å². The number of unbranched alkanes of at least 4 members (excludes halogenated alkanes) is 1. The minimum absolute atomic E-state index is 0.0424. The number of rotatable bonds is 10. The van der Waals surface area contributed by atoms with Gasteiger partial charge < -0.3 is 21.1 Å². The number of esters is 1. The number of carbonyl (C=O) groups is 5. The van der Waals surface area contributed by atoms with Crippen LogP contribution in [0.2, 0.25) is 0 Å². The number of nitrogens with one attached hydrogen (secondary N) is 2. The van der Waals surface area contributed by atoms with Gasteiger partial charge in [0.05, 0.1) is 0 Å². The minimum Gasteiger partial charge on any atom is -0.459 e. The Labute approximate surface area is 192 Å². The van der Waals surface area contributed by atoms with Crippen molar-refractivity contribution in [2.24, 2.45) is 5.73 Å². The fraction of sp³-hybridized carbons (Fsp3) is 0.522. The van der Waals surface area contributed by atoms with Crippen molar-refractivity contribution in [3.8, 4) is 0 Å². The number of likely N-dealkylation sites (tertiary alicyclic amines) is 1. The van der Waals surface area contributed by atoms with Crippen LogP contribution in [0.5, 0.6) is 0 Å². The van der Waals surface area contributed by atoms with Crippen LogP contribution in [0.4, 0.5) is 0 Å². The van der Waals surface area contributed by atoms with E-state index in [-0.39, 0.29) is 38.2 Å². The Morgan fingerprint density at radius 2 is 1.88 bits per heavy atom. The number of hydrogen-bond donors (Lipinski definition) is 3. The first-order valence-corrected chi connectivity index (χ1v) is 11.3. The maximum Gasteiger partial charge on any atom is 0.328 e. The lowest BCUT2D eigenvalue weighted by Gasteiger charge is -2.26. The molecule has 2 aliphatic heterocycles. The van der Waals surface area contributed by atoms with Gasteiger partial charge in [-0.25, -0.2) is 4.79 Å². The summed E-state index contributed by atoms with van der Waals surface area (Å²) in [6.45, 7) is 0.517. The van der Waals surface area contributed by atoms with Crippen LogP contribution in [-0.4, -0.2) is 59.2 Å². The lowest BCUT2D eigenvalue weighted by molar-refractivity contribution is -0.151. The average Bonchev–Trinajstić information content (AvgIpc) is 3.42. The van der Waals surface area contributed by atoms with Crippen LogP contribution in [0.3, 0.4) is 0 Å². The maximum absolute atomic E-state index is 13.0. The number of amides is 4. The lowest BCUT2D eigenvalue weighted by atomic mass is 10.1. The van der Waals surface area contributed by atoms with Gasteiger partial charge in [-0.05, 0) is 44.2 Å². The second-order valence-electron chi connectivity index (χ2n) is 8.25. The second-order valence-corrected chi connectivity index (χ2v) is 8.25. The third-order valence-electron chi connectivity index (χ3n) is 5.82. The van der Waals surface area contributed by atoms with Crippen molar-refractivity contribution in [3.05, 3.63) is 35.9 Å². The number of carbonyl (C=O) groups excluding carboxylic acids is 5. The summed E-state index contributed by atoms with van der Waals surface area (Å²) in [5, 5.41) is 5.21. The molecule has 0 saturated carbocycles. The molecule has 2 aliphatic rings. The molecule has 1 aromatic carbocycles. The van der Waals surface area contributed by atoms with Crippen molar-refractivity contribution in [2.45, 2.75) is 69.7 Å². The molecule has 10 heteroatoms. The molecule has 2 heterocycles. The van der Waals surface area contributed by atoms with Crippen molar-refractivity contribution >= 4 is 29.6 Å². The molecule has 3 atom stereocenters. The molecule has 10 nitrogen and oxygen atoms in total. The van der Waals surface area contributed by atoms with Crippen LogP contribution in [0.15, 0.2) is 30.3 Å². The SMILES string of the molecule is NCCCC[C@H](NC(=O)[C@@H]1CCC(=O)N1C(=O)[C@@H]1CCC(=O)N1)C(=O)OCc1ccccc1. The van der Waals surface area contributed by atoms with Crippen LogP contribution < -0.4 is 16.4 Å². The Kier molecular flexibility index (Phi) is 8.53. The van der Waals surface area contributed by atoms with Gasteiger partial charge in [0.1, 0.15) is 24.7 Å². The van der Waals surface area contributed by atoms with E-state index in [4.69, 9.17) is 10.5 Å². The normalized spacial score (nSPS) is 20.9. The molecule has 33 heavy (non-hydrogen) atoms. The van der Waals surface area contributed by atoms with Crippen molar-refractivity contribution in [3.63, 3.8) is 0 Å². The summed E-state index contributed by atoms with van der Waals surface area (Å²) in [5.74, 6) is -2.49. The Balaban J connectivity index is 1.65. The Morgan fingerprint density at radius 3 is 2.55 bits per heavy atom. The van der Waals surface area contributed by atoms with E-state index in [0.717, 1.165) is 10.5 Å². The molecule has 3 rings (SSSR count). The summed E-state index contributed by atoms with van der Waals surface area (Å²) in [6.07, 6.45) is 2.28. The molecular weight excluding hydrogens is 428 g/mol. The Bertz CT molecular complexity index is 890. The van der Waals surface area contributed by atoms with Gasteiger partial charge in [0.15, 0.2) is 0 Å². The topological polar surface area (TPSA) is 148 Å². The zero-order valence-corrected chi connectivity index (χ0v) is 18.5. The standard InChI is InChI=1S/C23H30N4O6/c24-13-5-4-8-17(23(32)33-14-15-6-2-1-3-7-15)26-21(30)18-10-12-20(29)27(18)22(31)16-9-11-19(28)25-16/h1-3,6-7,16-18H,4-5,8-14,24H2,(H,25,28)(H,26,30)/t16-,17-,18-/m0/s1. The van der Waals surface area contributed by atoms with E-state index in [1.807, 2.05) is 30.3 Å². The highest BCUT2D eigenvalue weighted by Crippen LogP contribution is 2.23. The Morgan fingerprint density at radius 1 is 1.12 bits per heavy atom. The van der Waals surface area contributed by atoms with Crippen LogP contribution in [0.1, 0.15) is 50.5 Å². The zero-order valence-electron chi connectivity index (χ0n) is 18.5. The molecule has 1 aromatic rings. The smallest absolute Gasteiger partial charge is 0.328 e. The van der Waals surface area contributed by atoms with E-state index >= 15 is 0 Å². The highest BCUT2D eigenvalue weighted by atomic mass is 16.5. The molecule has 0 aliphatic carbocycles. The van der Waals surface area contributed by atoms with E-state index in [2.05, 4.69) is 10.6 Å². The van der Waals surface area contributed by atoms with E-state index in [9.17, 15) is 24.0 Å². The molecule has 4 N–H and O–H groups in total. The van der Waals surface area contributed by atoms with Gasteiger partial charge in [-0.1, -0.05) is 30.3 Å². The molecule has 2 saturated heterocycles. The van der Waals surface area contributed by atoms with Gasteiger partial charge in [0.25, 0.3) is 5.91 Å². The monoisotopic (exact) mass is 458 g/mol. The molecular formula is C23H30N4O6. The summed E-state index contributed by atoms with van der Waals surface area (Å²) >= 11 is 0. The fourth-order valence-corrected chi connectivity index (χ4v) is 4.01. The molecule has 0 radical (unpaired) electrons. The summed E-state index contributed by atoms with van der Waals surface area (Å²) in [4.78, 5) is 63.3. The van der Waals surface area contributed by atoms with Crippen LogP contribution in [0.25, 0.3) is 0 Å². The molecule has 0 unspecified atom stereocenters. The first-order chi connectivity index (χ1) is 15.9. The predicted octanol–water partition coefficient (Wildman–Crippen LogP) is 0.140. The van der Waals surface area contributed by atoms with Gasteiger partial charge >= 0.3 is 5.97 Å². The van der Waals surface area contributed by atoms with Gasteiger partial charge in [0.2, 0.25) is 17.7 Å². The van der Waals surface area contributed by atoms with Gasteiger partial charge in [-0.3, -0.25) is 24.1 Å². The minimum atomic E-state index is -1.03. The maximum atomic E-state index is 13.0. The molecule has 0 spiro atoms. The van der Waals surface area contributed by atoms with E-state index in [0.29, 0.717) is 25.8 Å². The van der Waals surface area contributed by atoms with Crippen molar-refractivity contribution in [1.82, 2.24) is 15.5 Å². The summed E-state index contributed by atoms with van der Waals surface area (Å²) in [5.41, 5.74) is 6.36. The third kappa shape index (κ3) is 6.38. The van der Waals surface area contributed by atoms with Crippen molar-refractivity contribution in [2.75, 3.05) is 6.54 Å². The number of nitrogens with zero attached hydrogens (tertiary/aromatic N) is 1. The van der Waals surface area contributed by atoms with Crippen molar-refractivity contribution in [1.29, 1.82) is 0 Å². The number of nitrogens with two attached hydrogens (primary N) is 1. The number of hydrogen-bond acceptors (Lipinski definition) is 7. The zero-order chi connectivity index (χ0) is 23.8. The molecule has 178 valence electrons. The largest absolute Gasteiger partial charge is 0.459 e. The van der Waals surface area contributed by atoms with Gasteiger partial charge in [-0.2, -0.15) is 0 Å². The lowest BCUT2D eigenvalue weighted by Crippen LogP contribution is -2.55. The van der Waals surface area contributed by atoms with E-state index < -0.39 is 41.8 Å². The highest BCUT2D eigenvalue weighted by molar-refractivity contribution is 6.06. The summed E-state index contributed by atoms with van der Waals surface area (Å²) in [7, 11) is 0. The third-order valence-corrected chi connectivity index (χ3v) is 5.82. The number of ether oxygens (including phenoxy) is 1. The average molecular weight is 459 g/mol. The van der Waals surface area contributed by atoms with Crippen molar-refractivity contribution < 1.29 is 28.7 Å². The molecule has 0 bridgehead atoms. The number of benzene rings is 1. The second kappa shape index (κ2) is 11.6. The quantitative estimate of drug-likeness (QED) is 0.257. The van der Waals surface area contributed by atoms with Gasteiger partial charge in [0, 0.05) is 12.8 Å². The predicted molar refractivity (Wildman–Crippen MR) is 117 cm³/mol. The Hall–Kier alpha value is -3.27. The van der Waals surface area contributed by atoms with Crippen LogP contribution >= 0.6 is 0 Å². The molecule has 0 aromatic heterocycles. The molecule has 2 fully saturated rings. The first-order valence-electron chi connectivity index (χ1n) is 11.3. The summed E-state index contributed by atoms with van der Waals surface area (Å²) < 4.78 is 5.39. The van der Waals surface area contributed by atoms with E-state index in [1.165, 1.54) is 0 Å². The van der Waals surface area contributed by atoms with Crippen LogP contribution in [0, 0.1) is 0 Å². The van der Waals surface area contributed by atoms with Crippen LogP contribution in [-0.2, 0) is 35.3 Å².